The van der Waals surface area contributed by atoms with Gasteiger partial charge in [0.1, 0.15) is 11.4 Å². The zero-order valence-electron chi connectivity index (χ0n) is 15.5. The van der Waals surface area contributed by atoms with Gasteiger partial charge in [0, 0.05) is 10.9 Å². The fourth-order valence-corrected chi connectivity index (χ4v) is 3.92. The zero-order chi connectivity index (χ0) is 19.2. The minimum Gasteiger partial charge on any atom is -0.481 e. The van der Waals surface area contributed by atoms with E-state index in [-0.39, 0.29) is 5.69 Å². The maximum atomic E-state index is 12.9. The highest BCUT2D eigenvalue weighted by Crippen LogP contribution is 2.35. The van der Waals surface area contributed by atoms with E-state index in [2.05, 4.69) is 33.6 Å². The van der Waals surface area contributed by atoms with Gasteiger partial charge in [0.15, 0.2) is 0 Å². The highest BCUT2D eigenvalue weighted by Gasteiger charge is 2.16. The number of methoxy groups -OCH3 is 1. The Kier molecular flexibility index (Phi) is 6.55. The van der Waals surface area contributed by atoms with Gasteiger partial charge in [-0.15, -0.1) is 11.3 Å². The standard InChI is InChI=1S/C20H23F2N3OS/c1-3-4-5-6-7-13-8-9-27-19(13)14-10-15(23-18(11-14)26-2)16-12-17(20(21)22)25-24-16/h8-12,20H,3-7H2,1-2H3,(H,24,25). The molecule has 0 spiro atoms. The monoisotopic (exact) mass is 391 g/mol. The van der Waals surface area contributed by atoms with E-state index in [0.29, 0.717) is 17.3 Å². The summed E-state index contributed by atoms with van der Waals surface area (Å²) in [6.45, 7) is 2.20. The number of aromatic amines is 1. The fourth-order valence-electron chi connectivity index (χ4n) is 2.98. The lowest BCUT2D eigenvalue weighted by atomic mass is 10.0. The highest BCUT2D eigenvalue weighted by molar-refractivity contribution is 7.13. The molecule has 0 aliphatic rings. The molecule has 3 aromatic heterocycles. The number of alkyl halides is 2. The minimum absolute atomic E-state index is 0.219. The summed E-state index contributed by atoms with van der Waals surface area (Å²) in [5.74, 6) is 0.439. The van der Waals surface area contributed by atoms with Crippen molar-refractivity contribution in [1.82, 2.24) is 15.2 Å². The maximum Gasteiger partial charge on any atom is 0.279 e. The van der Waals surface area contributed by atoms with Crippen LogP contribution in [0.4, 0.5) is 8.78 Å². The zero-order valence-corrected chi connectivity index (χ0v) is 16.3. The number of aromatic nitrogens is 3. The van der Waals surface area contributed by atoms with Crippen LogP contribution < -0.4 is 4.74 Å². The molecule has 144 valence electrons. The average Bonchev–Trinajstić information content (AvgIpc) is 3.34. The van der Waals surface area contributed by atoms with Crippen molar-refractivity contribution < 1.29 is 13.5 Å². The molecule has 3 aromatic rings. The van der Waals surface area contributed by atoms with Gasteiger partial charge in [0.25, 0.3) is 6.43 Å². The Hall–Kier alpha value is -2.28. The Balaban J connectivity index is 1.91. The van der Waals surface area contributed by atoms with Gasteiger partial charge in [-0.2, -0.15) is 5.10 Å². The second-order valence-electron chi connectivity index (χ2n) is 6.38. The number of unbranched alkanes of at least 4 members (excludes halogenated alkanes) is 3. The third-order valence-corrected chi connectivity index (χ3v) is 5.42. The summed E-state index contributed by atoms with van der Waals surface area (Å²) < 4.78 is 31.0. The largest absolute Gasteiger partial charge is 0.481 e. The highest BCUT2D eigenvalue weighted by atomic mass is 32.1. The molecule has 0 amide bonds. The van der Waals surface area contributed by atoms with Gasteiger partial charge in [-0.05, 0) is 47.5 Å². The van der Waals surface area contributed by atoms with E-state index < -0.39 is 6.43 Å². The van der Waals surface area contributed by atoms with Crippen LogP contribution in [-0.4, -0.2) is 22.3 Å². The van der Waals surface area contributed by atoms with Crippen molar-refractivity contribution in [2.75, 3.05) is 7.11 Å². The van der Waals surface area contributed by atoms with E-state index in [9.17, 15) is 8.78 Å². The lowest BCUT2D eigenvalue weighted by Gasteiger charge is -2.08. The summed E-state index contributed by atoms with van der Waals surface area (Å²) in [6, 6.07) is 7.25. The second-order valence-corrected chi connectivity index (χ2v) is 7.29. The van der Waals surface area contributed by atoms with Gasteiger partial charge in [-0.1, -0.05) is 26.2 Å². The Morgan fingerprint density at radius 3 is 2.70 bits per heavy atom. The first-order valence-corrected chi connectivity index (χ1v) is 9.97. The lowest BCUT2D eigenvalue weighted by Crippen LogP contribution is -1.93. The normalized spacial score (nSPS) is 11.3. The van der Waals surface area contributed by atoms with Crippen LogP contribution in [0.25, 0.3) is 21.8 Å². The maximum absolute atomic E-state index is 12.9. The van der Waals surface area contributed by atoms with E-state index in [1.807, 2.05) is 12.1 Å². The topological polar surface area (TPSA) is 50.8 Å². The van der Waals surface area contributed by atoms with Crippen LogP contribution in [0.2, 0.25) is 0 Å². The number of aryl methyl sites for hydroxylation is 1. The summed E-state index contributed by atoms with van der Waals surface area (Å²) in [5, 5.41) is 8.43. The first-order chi connectivity index (χ1) is 13.1. The van der Waals surface area contributed by atoms with Crippen molar-refractivity contribution in [2.45, 2.75) is 45.5 Å². The lowest BCUT2D eigenvalue weighted by molar-refractivity contribution is 0.146. The number of nitrogens with zero attached hydrogens (tertiary/aromatic N) is 2. The summed E-state index contributed by atoms with van der Waals surface area (Å²) >= 11 is 1.67. The van der Waals surface area contributed by atoms with Gasteiger partial charge in [-0.3, -0.25) is 5.10 Å². The Bertz CT molecular complexity index is 876. The average molecular weight is 391 g/mol. The first-order valence-electron chi connectivity index (χ1n) is 9.09. The van der Waals surface area contributed by atoms with Crippen LogP contribution >= 0.6 is 11.3 Å². The number of halogens is 2. The van der Waals surface area contributed by atoms with Crippen LogP contribution in [0.5, 0.6) is 5.88 Å². The van der Waals surface area contributed by atoms with Crippen molar-refractivity contribution in [3.63, 3.8) is 0 Å². The van der Waals surface area contributed by atoms with Crippen molar-refractivity contribution in [1.29, 1.82) is 0 Å². The second kappa shape index (κ2) is 9.08. The number of hydrogen-bond acceptors (Lipinski definition) is 4. The molecule has 7 heteroatoms. The smallest absolute Gasteiger partial charge is 0.279 e. The van der Waals surface area contributed by atoms with Crippen molar-refractivity contribution in [2.24, 2.45) is 0 Å². The Morgan fingerprint density at radius 1 is 1.15 bits per heavy atom. The molecular formula is C20H23F2N3OS. The molecule has 0 bridgehead atoms. The van der Waals surface area contributed by atoms with E-state index >= 15 is 0 Å². The molecule has 0 unspecified atom stereocenters. The quantitative estimate of drug-likeness (QED) is 0.437. The van der Waals surface area contributed by atoms with Gasteiger partial charge < -0.3 is 4.74 Å². The van der Waals surface area contributed by atoms with Crippen LogP contribution in [0.1, 0.15) is 50.3 Å². The van der Waals surface area contributed by atoms with Gasteiger partial charge in [0.2, 0.25) is 5.88 Å². The summed E-state index contributed by atoms with van der Waals surface area (Å²) in [4.78, 5) is 5.54. The number of rotatable bonds is 9. The summed E-state index contributed by atoms with van der Waals surface area (Å²) in [7, 11) is 1.55. The third-order valence-electron chi connectivity index (χ3n) is 4.41. The summed E-state index contributed by atoms with van der Waals surface area (Å²) in [5.41, 5.74) is 2.94. The molecule has 0 fully saturated rings. The van der Waals surface area contributed by atoms with Crippen LogP contribution in [0.15, 0.2) is 29.6 Å². The molecule has 0 aromatic carbocycles. The number of nitrogens with one attached hydrogen (secondary N) is 1. The molecule has 0 aliphatic heterocycles. The molecule has 0 aliphatic carbocycles. The number of pyridine rings is 1. The molecule has 1 N–H and O–H groups in total. The fraction of sp³-hybridized carbons (Fsp3) is 0.400. The van der Waals surface area contributed by atoms with Gasteiger partial charge in [-0.25, -0.2) is 13.8 Å². The molecule has 0 saturated heterocycles. The molecular weight excluding hydrogens is 368 g/mol. The molecule has 0 saturated carbocycles. The third kappa shape index (κ3) is 4.71. The SMILES string of the molecule is CCCCCCc1ccsc1-c1cc(OC)nc(-c2cc(C(F)F)[nH]n2)c1. The van der Waals surface area contributed by atoms with E-state index in [0.717, 1.165) is 23.3 Å². The molecule has 0 atom stereocenters. The van der Waals surface area contributed by atoms with Crippen molar-refractivity contribution in [3.05, 3.63) is 40.9 Å². The van der Waals surface area contributed by atoms with Crippen molar-refractivity contribution >= 4 is 11.3 Å². The number of H-pyrrole nitrogens is 1. The van der Waals surface area contributed by atoms with Gasteiger partial charge in [0.05, 0.1) is 12.8 Å². The number of thiophene rings is 1. The van der Waals surface area contributed by atoms with Crippen molar-refractivity contribution in [3.8, 4) is 27.7 Å². The Labute approximate surface area is 161 Å². The predicted octanol–water partition coefficient (Wildman–Crippen LogP) is 6.27. The minimum atomic E-state index is -2.59. The number of hydrogen-bond donors (Lipinski definition) is 1. The molecule has 4 nitrogen and oxygen atoms in total. The van der Waals surface area contributed by atoms with Gasteiger partial charge >= 0.3 is 0 Å². The molecule has 27 heavy (non-hydrogen) atoms. The number of ether oxygens (including phenoxy) is 1. The molecule has 3 heterocycles. The van der Waals surface area contributed by atoms with E-state index in [1.165, 1.54) is 30.9 Å². The summed E-state index contributed by atoms with van der Waals surface area (Å²) in [6.07, 6.45) is 3.27. The molecule has 3 rings (SSSR count). The Morgan fingerprint density at radius 2 is 2.00 bits per heavy atom. The van der Waals surface area contributed by atoms with E-state index in [1.54, 1.807) is 18.4 Å². The first kappa shape index (κ1) is 19.5. The van der Waals surface area contributed by atoms with Crippen LogP contribution in [0, 0.1) is 0 Å². The molecule has 0 radical (unpaired) electrons. The predicted molar refractivity (Wildman–Crippen MR) is 104 cm³/mol. The van der Waals surface area contributed by atoms with Crippen LogP contribution in [0.3, 0.4) is 0 Å². The van der Waals surface area contributed by atoms with Crippen LogP contribution in [-0.2, 0) is 6.42 Å². The van der Waals surface area contributed by atoms with E-state index in [4.69, 9.17) is 4.74 Å².